The zero-order valence-electron chi connectivity index (χ0n) is 11.2. The Morgan fingerprint density at radius 3 is 2.89 bits per heavy atom. The summed E-state index contributed by atoms with van der Waals surface area (Å²) in [5.74, 6) is 3.51. The molecule has 0 saturated carbocycles. The number of aliphatic hydroxyl groups is 1. The number of rotatable bonds is 2. The number of thioether (sulfide) groups is 1. The van der Waals surface area contributed by atoms with Crippen LogP contribution in [0.15, 0.2) is 6.07 Å². The van der Waals surface area contributed by atoms with Crippen LogP contribution in [0, 0.1) is 12.8 Å². The van der Waals surface area contributed by atoms with E-state index in [2.05, 4.69) is 29.3 Å². The van der Waals surface area contributed by atoms with Crippen LogP contribution in [0.25, 0.3) is 0 Å². The molecule has 18 heavy (non-hydrogen) atoms. The third-order valence-electron chi connectivity index (χ3n) is 4.48. The number of fused-ring (bicyclic) bond motifs is 1. The molecule has 1 unspecified atom stereocenters. The Morgan fingerprint density at radius 2 is 2.11 bits per heavy atom. The van der Waals surface area contributed by atoms with Crippen molar-refractivity contribution in [3.63, 3.8) is 0 Å². The van der Waals surface area contributed by atoms with Crippen LogP contribution in [0.1, 0.15) is 48.7 Å². The number of hydrogen-bond donors (Lipinski definition) is 1. The fraction of sp³-hybridized carbons (Fsp3) is 0.733. The van der Waals surface area contributed by atoms with Crippen LogP contribution in [-0.4, -0.2) is 21.2 Å². The molecule has 0 amide bonds. The second-order valence-electron chi connectivity index (χ2n) is 5.76. The van der Waals surface area contributed by atoms with Gasteiger partial charge in [-0.15, -0.1) is 0 Å². The quantitative estimate of drug-likeness (QED) is 0.887. The lowest BCUT2D eigenvalue weighted by molar-refractivity contribution is 0.155. The van der Waals surface area contributed by atoms with E-state index >= 15 is 0 Å². The van der Waals surface area contributed by atoms with Crippen LogP contribution in [0.2, 0.25) is 0 Å². The van der Waals surface area contributed by atoms with E-state index in [1.165, 1.54) is 47.8 Å². The predicted molar refractivity (Wildman–Crippen MR) is 77.1 cm³/mol. The second kappa shape index (κ2) is 5.30. The number of aryl methyl sites for hydroxylation is 1. The average molecular weight is 265 g/mol. The third-order valence-corrected chi connectivity index (χ3v) is 5.53. The van der Waals surface area contributed by atoms with Crippen molar-refractivity contribution in [3.05, 3.63) is 23.0 Å². The Labute approximate surface area is 114 Å². The molecule has 0 radical (unpaired) electrons. The van der Waals surface area contributed by atoms with Gasteiger partial charge in [0.25, 0.3) is 0 Å². The molecule has 0 spiro atoms. The molecule has 1 aromatic rings. The van der Waals surface area contributed by atoms with Gasteiger partial charge in [-0.25, -0.2) is 0 Å². The maximum absolute atomic E-state index is 10.1. The summed E-state index contributed by atoms with van der Waals surface area (Å²) in [6.45, 7) is 3.37. The van der Waals surface area contributed by atoms with E-state index in [-0.39, 0.29) is 6.10 Å². The van der Waals surface area contributed by atoms with Crippen LogP contribution in [0.4, 0.5) is 0 Å². The largest absolute Gasteiger partial charge is 0.388 e. The highest BCUT2D eigenvalue weighted by Crippen LogP contribution is 2.34. The highest BCUT2D eigenvalue weighted by Gasteiger charge is 2.24. The predicted octanol–water partition coefficient (Wildman–Crippen LogP) is 3.31. The molecule has 2 aliphatic rings. The van der Waals surface area contributed by atoms with Gasteiger partial charge in [0.15, 0.2) is 0 Å². The Morgan fingerprint density at radius 1 is 1.33 bits per heavy atom. The minimum atomic E-state index is -0.212. The summed E-state index contributed by atoms with van der Waals surface area (Å²) in [6.07, 6.45) is 5.74. The van der Waals surface area contributed by atoms with E-state index in [4.69, 9.17) is 0 Å². The summed E-state index contributed by atoms with van der Waals surface area (Å²) in [5, 5.41) is 10.1. The molecule has 2 heterocycles. The van der Waals surface area contributed by atoms with Gasteiger partial charge in [-0.1, -0.05) is 0 Å². The van der Waals surface area contributed by atoms with E-state index in [0.29, 0.717) is 0 Å². The number of aliphatic hydroxyl groups excluding tert-OH is 1. The minimum absolute atomic E-state index is 0.212. The van der Waals surface area contributed by atoms with Crippen molar-refractivity contribution in [3.8, 4) is 0 Å². The van der Waals surface area contributed by atoms with Crippen molar-refractivity contribution < 1.29 is 5.11 Å². The van der Waals surface area contributed by atoms with E-state index in [1.54, 1.807) is 0 Å². The molecule has 1 N–H and O–H groups in total. The molecule has 1 aliphatic carbocycles. The lowest BCUT2D eigenvalue weighted by Gasteiger charge is -2.26. The van der Waals surface area contributed by atoms with Gasteiger partial charge in [-0.3, -0.25) is 0 Å². The molecular weight excluding hydrogens is 242 g/mol. The van der Waals surface area contributed by atoms with Crippen molar-refractivity contribution in [1.29, 1.82) is 0 Å². The lowest BCUT2D eigenvalue weighted by atomic mass is 9.95. The van der Waals surface area contributed by atoms with Gasteiger partial charge in [0, 0.05) is 23.5 Å². The molecule has 0 bridgehead atoms. The van der Waals surface area contributed by atoms with Gasteiger partial charge in [0.1, 0.15) is 0 Å². The Hall–Kier alpha value is -0.410. The SMILES string of the molecule is Cc1cc2c(n1CC1CCSCC1)CCCC2O. The molecule has 1 aromatic heterocycles. The molecule has 1 atom stereocenters. The standard InChI is InChI=1S/C15H23NOS/c1-11-9-13-14(3-2-4-15(13)17)16(11)10-12-5-7-18-8-6-12/h9,12,15,17H,2-8,10H2,1H3. The maximum Gasteiger partial charge on any atom is 0.0807 e. The van der Waals surface area contributed by atoms with E-state index in [9.17, 15) is 5.11 Å². The molecule has 2 nitrogen and oxygen atoms in total. The van der Waals surface area contributed by atoms with Gasteiger partial charge in [-0.2, -0.15) is 11.8 Å². The Bertz CT molecular complexity index is 420. The second-order valence-corrected chi connectivity index (χ2v) is 6.99. The summed E-state index contributed by atoms with van der Waals surface area (Å²) in [7, 11) is 0. The summed E-state index contributed by atoms with van der Waals surface area (Å²) in [4.78, 5) is 0. The van der Waals surface area contributed by atoms with Crippen LogP contribution in [-0.2, 0) is 13.0 Å². The summed E-state index contributed by atoms with van der Waals surface area (Å²) in [5.41, 5.74) is 3.98. The van der Waals surface area contributed by atoms with Gasteiger partial charge in [0.05, 0.1) is 6.10 Å². The summed E-state index contributed by atoms with van der Waals surface area (Å²) in [6, 6.07) is 2.22. The molecule has 0 aromatic carbocycles. The fourth-order valence-electron chi connectivity index (χ4n) is 3.38. The minimum Gasteiger partial charge on any atom is -0.388 e. The Kier molecular flexibility index (Phi) is 3.71. The fourth-order valence-corrected chi connectivity index (χ4v) is 4.59. The van der Waals surface area contributed by atoms with Crippen LogP contribution in [0.5, 0.6) is 0 Å². The molecule has 1 fully saturated rings. The van der Waals surface area contributed by atoms with Crippen molar-refractivity contribution in [2.75, 3.05) is 11.5 Å². The number of aromatic nitrogens is 1. The van der Waals surface area contributed by atoms with E-state index in [1.807, 2.05) is 0 Å². The number of hydrogen-bond acceptors (Lipinski definition) is 2. The smallest absolute Gasteiger partial charge is 0.0807 e. The van der Waals surface area contributed by atoms with Crippen LogP contribution >= 0.6 is 11.8 Å². The van der Waals surface area contributed by atoms with Gasteiger partial charge >= 0.3 is 0 Å². The highest BCUT2D eigenvalue weighted by molar-refractivity contribution is 7.99. The van der Waals surface area contributed by atoms with Crippen molar-refractivity contribution >= 4 is 11.8 Å². The van der Waals surface area contributed by atoms with Gasteiger partial charge in [0.2, 0.25) is 0 Å². The normalized spacial score (nSPS) is 25.1. The lowest BCUT2D eigenvalue weighted by Crippen LogP contribution is -2.20. The summed E-state index contributed by atoms with van der Waals surface area (Å²) >= 11 is 2.10. The first-order valence-electron chi connectivity index (χ1n) is 7.20. The molecule has 3 rings (SSSR count). The Balaban J connectivity index is 1.82. The molecular formula is C15H23NOS. The molecule has 100 valence electrons. The molecule has 3 heteroatoms. The first-order chi connectivity index (χ1) is 8.75. The highest BCUT2D eigenvalue weighted by atomic mass is 32.2. The van der Waals surface area contributed by atoms with E-state index in [0.717, 1.165) is 25.2 Å². The van der Waals surface area contributed by atoms with Gasteiger partial charge < -0.3 is 9.67 Å². The maximum atomic E-state index is 10.1. The first kappa shape index (κ1) is 12.6. The number of nitrogens with zero attached hydrogens (tertiary/aromatic N) is 1. The topological polar surface area (TPSA) is 25.2 Å². The van der Waals surface area contributed by atoms with Crippen molar-refractivity contribution in [1.82, 2.24) is 4.57 Å². The average Bonchev–Trinajstić information content (AvgIpc) is 2.70. The van der Waals surface area contributed by atoms with Crippen molar-refractivity contribution in [2.24, 2.45) is 5.92 Å². The van der Waals surface area contributed by atoms with Crippen LogP contribution in [0.3, 0.4) is 0 Å². The van der Waals surface area contributed by atoms with Crippen molar-refractivity contribution in [2.45, 2.75) is 51.7 Å². The molecule has 1 aliphatic heterocycles. The zero-order chi connectivity index (χ0) is 12.5. The van der Waals surface area contributed by atoms with Gasteiger partial charge in [-0.05, 0) is 62.5 Å². The monoisotopic (exact) mass is 265 g/mol. The molecule has 1 saturated heterocycles. The zero-order valence-corrected chi connectivity index (χ0v) is 12.0. The third kappa shape index (κ3) is 2.35. The first-order valence-corrected chi connectivity index (χ1v) is 8.36. The summed E-state index contributed by atoms with van der Waals surface area (Å²) < 4.78 is 2.50. The van der Waals surface area contributed by atoms with Crippen LogP contribution < -0.4 is 0 Å². The van der Waals surface area contributed by atoms with E-state index < -0.39 is 0 Å².